The Morgan fingerprint density at radius 2 is 1.88 bits per heavy atom. The number of carbonyl (C=O) groups is 2. The highest BCUT2D eigenvalue weighted by molar-refractivity contribution is 7.16. The number of carboxylic acid groups (broad SMARTS) is 1. The Morgan fingerprint density at radius 3 is 2.62 bits per heavy atom. The third-order valence-electron chi connectivity index (χ3n) is 5.29. The van der Waals surface area contributed by atoms with Crippen LogP contribution in [0.2, 0.25) is 0 Å². The summed E-state index contributed by atoms with van der Waals surface area (Å²) in [5.41, 5.74) is 2.30. The number of Topliss-reactive ketones (excluding diaryl/α,β-unsaturated/α-hetero) is 1. The Balaban J connectivity index is 1.40. The van der Waals surface area contributed by atoms with Crippen LogP contribution in [0.1, 0.15) is 44.1 Å². The monoisotopic (exact) mass is 478 g/mol. The molecule has 0 unspecified atom stereocenters. The molecule has 4 rings (SSSR count). The Labute approximate surface area is 198 Å². The second-order valence-electron chi connectivity index (χ2n) is 7.63. The predicted octanol–water partition coefficient (Wildman–Crippen LogP) is 4.22. The quantitative estimate of drug-likeness (QED) is 0.328. The number of carboxylic acids is 1. The van der Waals surface area contributed by atoms with Crippen LogP contribution in [0.5, 0.6) is 5.75 Å². The van der Waals surface area contributed by atoms with Crippen LogP contribution < -0.4 is 10.3 Å². The second-order valence-corrected chi connectivity index (χ2v) is 8.48. The van der Waals surface area contributed by atoms with Crippen molar-refractivity contribution < 1.29 is 24.2 Å². The topological polar surface area (TPSA) is 119 Å². The third-order valence-corrected chi connectivity index (χ3v) is 6.21. The lowest BCUT2D eigenvalue weighted by Gasteiger charge is -2.05. The summed E-state index contributed by atoms with van der Waals surface area (Å²) in [6, 6.07) is 13.9. The van der Waals surface area contributed by atoms with E-state index in [2.05, 4.69) is 9.97 Å². The number of aromatic carboxylic acids is 1. The molecular weight excluding hydrogens is 456 g/mol. The van der Waals surface area contributed by atoms with Crippen molar-refractivity contribution in [3.8, 4) is 5.75 Å². The van der Waals surface area contributed by atoms with Crippen molar-refractivity contribution in [3.05, 3.63) is 92.3 Å². The molecule has 8 nitrogen and oxygen atoms in total. The van der Waals surface area contributed by atoms with Crippen LogP contribution in [0.3, 0.4) is 0 Å². The summed E-state index contributed by atoms with van der Waals surface area (Å²) in [5.74, 6) is -0.448. The number of nitrogens with one attached hydrogen (secondary N) is 1. The molecule has 0 spiro atoms. The number of aromatic nitrogens is 2. The summed E-state index contributed by atoms with van der Waals surface area (Å²) in [6.45, 7) is 0.456. The van der Waals surface area contributed by atoms with Crippen molar-refractivity contribution >= 4 is 33.3 Å². The molecule has 0 aliphatic rings. The van der Waals surface area contributed by atoms with Crippen LogP contribution in [-0.2, 0) is 24.4 Å². The molecule has 2 heterocycles. The number of aryl methyl sites for hydroxylation is 1. The number of thiophene rings is 1. The number of hydrogen-bond donors (Lipinski definition) is 2. The van der Waals surface area contributed by atoms with Gasteiger partial charge in [-0.15, -0.1) is 11.3 Å². The van der Waals surface area contributed by atoms with Gasteiger partial charge in [0.2, 0.25) is 0 Å². The first-order chi connectivity index (χ1) is 16.4. The number of ether oxygens (including phenoxy) is 2. The van der Waals surface area contributed by atoms with Crippen molar-refractivity contribution in [3.63, 3.8) is 0 Å². The molecular formula is C25H22N2O6S. The van der Waals surface area contributed by atoms with E-state index in [4.69, 9.17) is 14.6 Å². The summed E-state index contributed by atoms with van der Waals surface area (Å²) in [5, 5.41) is 11.2. The average Bonchev–Trinajstić information content (AvgIpc) is 3.26. The van der Waals surface area contributed by atoms with E-state index in [-0.39, 0.29) is 42.4 Å². The molecule has 2 aromatic heterocycles. The average molecular weight is 479 g/mol. The van der Waals surface area contributed by atoms with Gasteiger partial charge in [-0.05, 0) is 47.2 Å². The number of hydrogen-bond acceptors (Lipinski definition) is 7. The van der Waals surface area contributed by atoms with Crippen molar-refractivity contribution in [2.24, 2.45) is 0 Å². The molecule has 2 N–H and O–H groups in total. The standard InChI is InChI=1S/C25H22N2O6S/c1-32-19-4-2-3-15(11-19)7-10-20(28)22-26-23(29)21-18(14-34-24(21)27-22)13-33-12-16-5-8-17(9-6-16)25(30)31/h2-6,8-9,11,14H,7,10,12-13H2,1H3,(H,30,31)(H,26,27,29). The molecule has 0 bridgehead atoms. The molecule has 9 heteroatoms. The third kappa shape index (κ3) is 5.38. The molecule has 2 aromatic carbocycles. The van der Waals surface area contributed by atoms with Gasteiger partial charge in [0.1, 0.15) is 10.6 Å². The zero-order chi connectivity index (χ0) is 24.1. The van der Waals surface area contributed by atoms with Crippen LogP contribution in [0.25, 0.3) is 10.2 Å². The highest BCUT2D eigenvalue weighted by Gasteiger charge is 2.16. The normalized spacial score (nSPS) is 11.0. The van der Waals surface area contributed by atoms with E-state index >= 15 is 0 Å². The maximum absolute atomic E-state index is 12.7. The zero-order valence-electron chi connectivity index (χ0n) is 18.4. The summed E-state index contributed by atoms with van der Waals surface area (Å²) in [4.78, 5) is 43.8. The SMILES string of the molecule is COc1cccc(CCC(=O)c2nc3scc(COCc4ccc(C(=O)O)cc4)c3c(=O)[nH]2)c1. The van der Waals surface area contributed by atoms with Crippen LogP contribution in [0.4, 0.5) is 0 Å². The fourth-order valence-electron chi connectivity index (χ4n) is 3.47. The molecule has 0 radical (unpaired) electrons. The van der Waals surface area contributed by atoms with E-state index in [0.717, 1.165) is 16.9 Å². The summed E-state index contributed by atoms with van der Waals surface area (Å²) < 4.78 is 10.9. The van der Waals surface area contributed by atoms with Crippen molar-refractivity contribution in [2.75, 3.05) is 7.11 Å². The first kappa shape index (κ1) is 23.3. The lowest BCUT2D eigenvalue weighted by atomic mass is 10.1. The minimum absolute atomic E-state index is 0.0493. The highest BCUT2D eigenvalue weighted by Crippen LogP contribution is 2.23. The molecule has 174 valence electrons. The lowest BCUT2D eigenvalue weighted by molar-refractivity contribution is 0.0696. The first-order valence-corrected chi connectivity index (χ1v) is 11.4. The van der Waals surface area contributed by atoms with Crippen LogP contribution in [0.15, 0.2) is 58.7 Å². The molecule has 0 atom stereocenters. The molecule has 0 aliphatic heterocycles. The smallest absolute Gasteiger partial charge is 0.335 e. The number of benzene rings is 2. The van der Waals surface area contributed by atoms with E-state index in [0.29, 0.717) is 22.2 Å². The number of rotatable bonds is 10. The fourth-order valence-corrected chi connectivity index (χ4v) is 4.40. The van der Waals surface area contributed by atoms with Gasteiger partial charge in [0, 0.05) is 12.0 Å². The van der Waals surface area contributed by atoms with E-state index in [9.17, 15) is 14.4 Å². The van der Waals surface area contributed by atoms with E-state index in [1.165, 1.54) is 23.5 Å². The van der Waals surface area contributed by atoms with Gasteiger partial charge in [-0.3, -0.25) is 9.59 Å². The summed E-state index contributed by atoms with van der Waals surface area (Å²) >= 11 is 1.29. The molecule has 0 aliphatic carbocycles. The van der Waals surface area contributed by atoms with Gasteiger partial charge in [0.25, 0.3) is 5.56 Å². The van der Waals surface area contributed by atoms with Crippen molar-refractivity contribution in [1.29, 1.82) is 0 Å². The first-order valence-electron chi connectivity index (χ1n) is 10.5. The van der Waals surface area contributed by atoms with Gasteiger partial charge in [-0.1, -0.05) is 24.3 Å². The fraction of sp³-hybridized carbons (Fsp3) is 0.200. The number of carbonyl (C=O) groups excluding carboxylic acids is 1. The Hall–Kier alpha value is -3.82. The summed E-state index contributed by atoms with van der Waals surface area (Å²) in [7, 11) is 1.59. The lowest BCUT2D eigenvalue weighted by Crippen LogP contribution is -2.16. The molecule has 0 saturated heterocycles. The van der Waals surface area contributed by atoms with Crippen LogP contribution in [-0.4, -0.2) is 33.9 Å². The molecule has 34 heavy (non-hydrogen) atoms. The Morgan fingerprint density at radius 1 is 1.09 bits per heavy atom. The Bertz CT molecular complexity index is 1390. The maximum atomic E-state index is 12.7. The number of H-pyrrole nitrogens is 1. The van der Waals surface area contributed by atoms with E-state index in [1.54, 1.807) is 24.6 Å². The largest absolute Gasteiger partial charge is 0.497 e. The van der Waals surface area contributed by atoms with Crippen LogP contribution in [0, 0.1) is 0 Å². The minimum Gasteiger partial charge on any atom is -0.497 e. The van der Waals surface area contributed by atoms with Gasteiger partial charge in [0.15, 0.2) is 11.6 Å². The van der Waals surface area contributed by atoms with Crippen molar-refractivity contribution in [1.82, 2.24) is 9.97 Å². The minimum atomic E-state index is -0.984. The van der Waals surface area contributed by atoms with Gasteiger partial charge in [-0.2, -0.15) is 0 Å². The predicted molar refractivity (Wildman–Crippen MR) is 128 cm³/mol. The van der Waals surface area contributed by atoms with E-state index < -0.39 is 5.97 Å². The number of methoxy groups -OCH3 is 1. The van der Waals surface area contributed by atoms with E-state index in [1.807, 2.05) is 24.3 Å². The number of nitrogens with zero attached hydrogens (tertiary/aromatic N) is 1. The van der Waals surface area contributed by atoms with Crippen LogP contribution >= 0.6 is 11.3 Å². The zero-order valence-corrected chi connectivity index (χ0v) is 19.2. The van der Waals surface area contributed by atoms with Gasteiger partial charge in [0.05, 0.1) is 31.3 Å². The second kappa shape index (κ2) is 10.4. The van der Waals surface area contributed by atoms with Crippen molar-refractivity contribution in [2.45, 2.75) is 26.1 Å². The maximum Gasteiger partial charge on any atom is 0.335 e. The molecule has 0 amide bonds. The highest BCUT2D eigenvalue weighted by atomic mass is 32.1. The number of ketones is 1. The number of aromatic amines is 1. The molecule has 4 aromatic rings. The number of fused-ring (bicyclic) bond motifs is 1. The molecule has 0 fully saturated rings. The van der Waals surface area contributed by atoms with Gasteiger partial charge >= 0.3 is 5.97 Å². The van der Waals surface area contributed by atoms with Gasteiger partial charge in [-0.25, -0.2) is 9.78 Å². The molecule has 0 saturated carbocycles. The Kier molecular flexibility index (Phi) is 7.15. The summed E-state index contributed by atoms with van der Waals surface area (Å²) in [6.07, 6.45) is 0.721. The van der Waals surface area contributed by atoms with Gasteiger partial charge < -0.3 is 19.6 Å².